The van der Waals surface area contributed by atoms with E-state index >= 15 is 0 Å². The molecule has 82 valence electrons. The van der Waals surface area contributed by atoms with Gasteiger partial charge in [-0.2, -0.15) is 0 Å². The first kappa shape index (κ1) is 12.0. The first-order chi connectivity index (χ1) is 6.77. The standard InChI is InChI=1S/C10H21BO3/c1-3-12-7-10-9(13-4-2)5-8(11)6-14-10/h8-10H,3-7,11H2,1-2H3/t8-,9-,10+/m0/s1. The molecule has 0 bridgehead atoms. The van der Waals surface area contributed by atoms with Crippen molar-refractivity contribution in [3.8, 4) is 0 Å². The molecule has 0 amide bonds. The highest BCUT2D eigenvalue weighted by molar-refractivity contribution is 6.11. The van der Waals surface area contributed by atoms with Gasteiger partial charge in [0.05, 0.1) is 12.7 Å². The van der Waals surface area contributed by atoms with E-state index in [9.17, 15) is 0 Å². The molecule has 14 heavy (non-hydrogen) atoms. The third kappa shape index (κ3) is 3.60. The molecule has 1 rings (SSSR count). The van der Waals surface area contributed by atoms with Crippen LogP contribution in [0.1, 0.15) is 20.3 Å². The lowest BCUT2D eigenvalue weighted by Gasteiger charge is -2.34. The van der Waals surface area contributed by atoms with Gasteiger partial charge in [0, 0.05) is 19.8 Å². The maximum atomic E-state index is 5.71. The quantitative estimate of drug-likeness (QED) is 0.609. The van der Waals surface area contributed by atoms with Gasteiger partial charge >= 0.3 is 0 Å². The van der Waals surface area contributed by atoms with Gasteiger partial charge in [0.15, 0.2) is 0 Å². The molecular weight excluding hydrogens is 179 g/mol. The van der Waals surface area contributed by atoms with Gasteiger partial charge in [-0.05, 0) is 26.1 Å². The Kier molecular flexibility index (Phi) is 5.52. The average Bonchev–Trinajstić information content (AvgIpc) is 2.17. The molecule has 0 unspecified atom stereocenters. The van der Waals surface area contributed by atoms with E-state index in [4.69, 9.17) is 14.2 Å². The molecule has 1 saturated heterocycles. The Hall–Kier alpha value is -0.0551. The Bertz CT molecular complexity index is 152. The molecule has 1 aliphatic heterocycles. The van der Waals surface area contributed by atoms with Crippen molar-refractivity contribution in [1.82, 2.24) is 0 Å². The summed E-state index contributed by atoms with van der Waals surface area (Å²) < 4.78 is 16.7. The van der Waals surface area contributed by atoms with Crippen LogP contribution in [0.15, 0.2) is 0 Å². The van der Waals surface area contributed by atoms with Crippen molar-refractivity contribution in [1.29, 1.82) is 0 Å². The van der Waals surface area contributed by atoms with Crippen molar-refractivity contribution in [3.63, 3.8) is 0 Å². The molecule has 0 N–H and O–H groups in total. The van der Waals surface area contributed by atoms with Crippen LogP contribution in [-0.4, -0.2) is 46.5 Å². The van der Waals surface area contributed by atoms with Crippen LogP contribution in [0.25, 0.3) is 0 Å². The van der Waals surface area contributed by atoms with Crippen molar-refractivity contribution >= 4 is 7.85 Å². The molecule has 0 radical (unpaired) electrons. The number of ether oxygens (including phenoxy) is 3. The molecule has 0 saturated carbocycles. The Morgan fingerprint density at radius 3 is 2.79 bits per heavy atom. The lowest BCUT2D eigenvalue weighted by molar-refractivity contribution is -0.127. The van der Waals surface area contributed by atoms with Crippen LogP contribution in [0, 0.1) is 0 Å². The van der Waals surface area contributed by atoms with E-state index < -0.39 is 0 Å². The van der Waals surface area contributed by atoms with Gasteiger partial charge in [0.25, 0.3) is 0 Å². The summed E-state index contributed by atoms with van der Waals surface area (Å²) in [6.07, 6.45) is 1.44. The largest absolute Gasteiger partial charge is 0.379 e. The van der Waals surface area contributed by atoms with Gasteiger partial charge in [-0.15, -0.1) is 0 Å². The van der Waals surface area contributed by atoms with E-state index in [1.807, 2.05) is 13.8 Å². The summed E-state index contributed by atoms with van der Waals surface area (Å²) in [6, 6.07) is 0. The molecule has 0 aromatic carbocycles. The summed E-state index contributed by atoms with van der Waals surface area (Å²) in [5.74, 6) is 0.601. The van der Waals surface area contributed by atoms with Crippen molar-refractivity contribution < 1.29 is 14.2 Å². The maximum Gasteiger partial charge on any atom is 0.108 e. The summed E-state index contributed by atoms with van der Waals surface area (Å²) in [4.78, 5) is 0. The zero-order chi connectivity index (χ0) is 10.4. The Morgan fingerprint density at radius 2 is 2.14 bits per heavy atom. The van der Waals surface area contributed by atoms with Crippen LogP contribution in [0.4, 0.5) is 0 Å². The fourth-order valence-corrected chi connectivity index (χ4v) is 1.79. The van der Waals surface area contributed by atoms with Crippen molar-refractivity contribution in [3.05, 3.63) is 0 Å². The van der Waals surface area contributed by atoms with Gasteiger partial charge in [-0.1, -0.05) is 0 Å². The minimum absolute atomic E-state index is 0.131. The normalized spacial score (nSPS) is 33.1. The zero-order valence-corrected chi connectivity index (χ0v) is 9.49. The molecule has 0 aromatic rings. The van der Waals surface area contributed by atoms with Crippen LogP contribution in [0.5, 0.6) is 0 Å². The monoisotopic (exact) mass is 200 g/mol. The first-order valence-electron chi connectivity index (χ1n) is 5.58. The van der Waals surface area contributed by atoms with Gasteiger partial charge in [-0.3, -0.25) is 0 Å². The molecule has 3 nitrogen and oxygen atoms in total. The van der Waals surface area contributed by atoms with Gasteiger partial charge in [0.1, 0.15) is 14.0 Å². The van der Waals surface area contributed by atoms with Crippen LogP contribution in [0.3, 0.4) is 0 Å². The predicted octanol–water partition coefficient (Wildman–Crippen LogP) is 0.638. The lowest BCUT2D eigenvalue weighted by Crippen LogP contribution is -2.41. The highest BCUT2D eigenvalue weighted by Crippen LogP contribution is 2.24. The van der Waals surface area contributed by atoms with Gasteiger partial charge < -0.3 is 14.2 Å². The van der Waals surface area contributed by atoms with E-state index in [0.29, 0.717) is 12.4 Å². The van der Waals surface area contributed by atoms with E-state index in [1.54, 1.807) is 0 Å². The average molecular weight is 200 g/mol. The van der Waals surface area contributed by atoms with Gasteiger partial charge in [0.2, 0.25) is 0 Å². The Balaban J connectivity index is 2.36. The molecule has 0 aromatic heterocycles. The van der Waals surface area contributed by atoms with E-state index in [2.05, 4.69) is 7.85 Å². The third-order valence-electron chi connectivity index (χ3n) is 2.51. The SMILES string of the molecule is B[C@@H]1CO[C@H](COCC)[C@@H](OCC)C1. The summed E-state index contributed by atoms with van der Waals surface area (Å²) in [5, 5.41) is 0. The topological polar surface area (TPSA) is 27.7 Å². The molecule has 0 spiro atoms. The zero-order valence-electron chi connectivity index (χ0n) is 9.49. The number of rotatable bonds is 5. The van der Waals surface area contributed by atoms with Crippen molar-refractivity contribution in [2.24, 2.45) is 0 Å². The van der Waals surface area contributed by atoms with E-state index in [1.165, 1.54) is 0 Å². The minimum atomic E-state index is 0.131. The predicted molar refractivity (Wildman–Crippen MR) is 58.6 cm³/mol. The molecule has 1 fully saturated rings. The van der Waals surface area contributed by atoms with E-state index in [0.717, 1.165) is 26.2 Å². The molecule has 1 aliphatic rings. The summed E-state index contributed by atoms with van der Waals surface area (Å²) in [6.45, 7) is 7.02. The minimum Gasteiger partial charge on any atom is -0.379 e. The second-order valence-corrected chi connectivity index (χ2v) is 3.87. The second kappa shape index (κ2) is 6.43. The summed E-state index contributed by atoms with van der Waals surface area (Å²) >= 11 is 0. The molecular formula is C10H21BO3. The fraction of sp³-hybridized carbons (Fsp3) is 1.00. The van der Waals surface area contributed by atoms with Crippen molar-refractivity contribution in [2.45, 2.75) is 38.3 Å². The molecule has 1 heterocycles. The van der Waals surface area contributed by atoms with E-state index in [-0.39, 0.29) is 12.2 Å². The summed E-state index contributed by atoms with van der Waals surface area (Å²) in [5.41, 5.74) is 0. The van der Waals surface area contributed by atoms with Gasteiger partial charge in [-0.25, -0.2) is 0 Å². The number of hydrogen-bond donors (Lipinski definition) is 0. The highest BCUT2D eigenvalue weighted by atomic mass is 16.6. The molecule has 3 atom stereocenters. The van der Waals surface area contributed by atoms with Crippen LogP contribution < -0.4 is 0 Å². The Morgan fingerprint density at radius 1 is 1.36 bits per heavy atom. The summed E-state index contributed by atoms with van der Waals surface area (Å²) in [7, 11) is 2.20. The lowest BCUT2D eigenvalue weighted by atomic mass is 9.80. The Labute approximate surface area is 87.5 Å². The molecule has 0 aliphatic carbocycles. The fourth-order valence-electron chi connectivity index (χ4n) is 1.79. The van der Waals surface area contributed by atoms with Crippen LogP contribution >= 0.6 is 0 Å². The third-order valence-corrected chi connectivity index (χ3v) is 2.51. The number of hydrogen-bond acceptors (Lipinski definition) is 3. The first-order valence-corrected chi connectivity index (χ1v) is 5.58. The van der Waals surface area contributed by atoms with Crippen LogP contribution in [0.2, 0.25) is 5.82 Å². The van der Waals surface area contributed by atoms with Crippen molar-refractivity contribution in [2.75, 3.05) is 26.4 Å². The smallest absolute Gasteiger partial charge is 0.108 e. The van der Waals surface area contributed by atoms with Crippen LogP contribution in [-0.2, 0) is 14.2 Å². The highest BCUT2D eigenvalue weighted by Gasteiger charge is 2.29. The second-order valence-electron chi connectivity index (χ2n) is 3.87. The molecule has 4 heteroatoms. The maximum absolute atomic E-state index is 5.71.